The molecule has 0 bridgehead atoms. The molecule has 0 saturated carbocycles. The highest BCUT2D eigenvalue weighted by atomic mass is 35.5. The zero-order chi connectivity index (χ0) is 13.9. The number of nitrogens with one attached hydrogen (secondary N) is 1. The number of pyridine rings is 1. The Hall–Kier alpha value is -1.43. The van der Waals surface area contributed by atoms with Gasteiger partial charge < -0.3 is 0 Å². The first-order chi connectivity index (χ1) is 8.99. The number of nitrogens with zero attached hydrogens (tertiary/aromatic N) is 1. The topological polar surface area (TPSA) is 59.1 Å². The highest BCUT2D eigenvalue weighted by molar-refractivity contribution is 7.89. The third-order valence-electron chi connectivity index (χ3n) is 2.62. The molecule has 0 aliphatic heterocycles. The van der Waals surface area contributed by atoms with Gasteiger partial charge in [-0.05, 0) is 36.8 Å². The minimum absolute atomic E-state index is 0.0100. The molecule has 1 atom stereocenters. The van der Waals surface area contributed by atoms with Crippen LogP contribution in [-0.2, 0) is 10.0 Å². The average Bonchev–Trinajstić information content (AvgIpc) is 2.40. The van der Waals surface area contributed by atoms with Gasteiger partial charge in [0.2, 0.25) is 0 Å². The summed E-state index contributed by atoms with van der Waals surface area (Å²) in [7, 11) is -3.61. The predicted molar refractivity (Wildman–Crippen MR) is 74.4 cm³/mol. The van der Waals surface area contributed by atoms with Crippen LogP contribution < -0.4 is 4.72 Å². The minimum Gasteiger partial charge on any atom is -0.243 e. The van der Waals surface area contributed by atoms with E-state index in [2.05, 4.69) is 9.71 Å². The van der Waals surface area contributed by atoms with Crippen LogP contribution in [0.25, 0.3) is 0 Å². The molecule has 0 saturated heterocycles. The van der Waals surface area contributed by atoms with Crippen molar-refractivity contribution in [2.45, 2.75) is 18.0 Å². The Bertz CT molecular complexity index is 642. The molecule has 0 aliphatic rings. The fourth-order valence-electron chi connectivity index (χ4n) is 1.62. The Kier molecular flexibility index (Phi) is 4.19. The number of hydrogen-bond acceptors (Lipinski definition) is 3. The van der Waals surface area contributed by atoms with Gasteiger partial charge in [0.15, 0.2) is 5.03 Å². The molecule has 1 aromatic carbocycles. The quantitative estimate of drug-likeness (QED) is 0.944. The normalized spacial score (nSPS) is 13.2. The van der Waals surface area contributed by atoms with Gasteiger partial charge in [-0.2, -0.15) is 0 Å². The molecule has 0 amide bonds. The summed E-state index contributed by atoms with van der Waals surface area (Å²) in [5.41, 5.74) is 0.837. The zero-order valence-electron chi connectivity index (χ0n) is 10.2. The molecule has 100 valence electrons. The van der Waals surface area contributed by atoms with Crippen molar-refractivity contribution < 1.29 is 8.42 Å². The highest BCUT2D eigenvalue weighted by Gasteiger charge is 2.19. The van der Waals surface area contributed by atoms with Crippen LogP contribution in [0.2, 0.25) is 5.02 Å². The lowest BCUT2D eigenvalue weighted by atomic mass is 10.1. The fourth-order valence-corrected chi connectivity index (χ4v) is 2.92. The van der Waals surface area contributed by atoms with E-state index in [1.807, 2.05) is 0 Å². The Morgan fingerprint density at radius 1 is 1.16 bits per heavy atom. The number of aromatic nitrogens is 1. The number of halogens is 1. The van der Waals surface area contributed by atoms with Crippen molar-refractivity contribution in [2.75, 3.05) is 0 Å². The van der Waals surface area contributed by atoms with Crippen molar-refractivity contribution in [2.24, 2.45) is 0 Å². The van der Waals surface area contributed by atoms with Crippen molar-refractivity contribution in [1.82, 2.24) is 9.71 Å². The second-order valence-corrected chi connectivity index (χ2v) is 6.16. The molecule has 6 heteroatoms. The number of rotatable bonds is 4. The van der Waals surface area contributed by atoms with Crippen LogP contribution in [0.15, 0.2) is 53.7 Å². The molecular weight excluding hydrogens is 284 g/mol. The molecule has 1 heterocycles. The summed E-state index contributed by atoms with van der Waals surface area (Å²) in [6, 6.07) is 11.4. The Morgan fingerprint density at radius 3 is 2.42 bits per heavy atom. The smallest absolute Gasteiger partial charge is 0.243 e. The second-order valence-electron chi connectivity index (χ2n) is 4.06. The van der Waals surface area contributed by atoms with E-state index in [1.165, 1.54) is 12.3 Å². The van der Waals surface area contributed by atoms with Crippen molar-refractivity contribution in [1.29, 1.82) is 0 Å². The predicted octanol–water partition coefficient (Wildman–Crippen LogP) is 2.77. The van der Waals surface area contributed by atoms with Crippen molar-refractivity contribution in [3.63, 3.8) is 0 Å². The van der Waals surface area contributed by atoms with Crippen LogP contribution in [0.3, 0.4) is 0 Å². The molecule has 0 unspecified atom stereocenters. The van der Waals surface area contributed by atoms with Gasteiger partial charge in [0.1, 0.15) is 0 Å². The monoisotopic (exact) mass is 296 g/mol. The van der Waals surface area contributed by atoms with E-state index in [9.17, 15) is 8.42 Å². The summed E-state index contributed by atoms with van der Waals surface area (Å²) in [5, 5.41) is 0.624. The maximum atomic E-state index is 12.1. The van der Waals surface area contributed by atoms with Crippen LogP contribution >= 0.6 is 11.6 Å². The molecule has 0 fully saturated rings. The molecule has 2 rings (SSSR count). The van der Waals surface area contributed by atoms with Crippen LogP contribution in [-0.4, -0.2) is 13.4 Å². The number of sulfonamides is 1. The van der Waals surface area contributed by atoms with E-state index in [1.54, 1.807) is 43.3 Å². The maximum Gasteiger partial charge on any atom is 0.258 e. The van der Waals surface area contributed by atoms with Crippen molar-refractivity contribution in [3.05, 3.63) is 59.2 Å². The molecule has 1 aromatic heterocycles. The summed E-state index contributed by atoms with van der Waals surface area (Å²) in [6.45, 7) is 1.77. The van der Waals surface area contributed by atoms with E-state index in [4.69, 9.17) is 11.6 Å². The summed E-state index contributed by atoms with van der Waals surface area (Å²) in [4.78, 5) is 3.84. The van der Waals surface area contributed by atoms with Gasteiger partial charge >= 0.3 is 0 Å². The summed E-state index contributed by atoms with van der Waals surface area (Å²) in [5.74, 6) is 0. The van der Waals surface area contributed by atoms with Gasteiger partial charge in [0.05, 0.1) is 0 Å². The van der Waals surface area contributed by atoms with Crippen LogP contribution in [0, 0.1) is 0 Å². The SMILES string of the molecule is C[C@H](NS(=O)(=O)c1ccccn1)c1ccc(Cl)cc1. The summed E-state index contributed by atoms with van der Waals surface area (Å²) >= 11 is 5.80. The van der Waals surface area contributed by atoms with Crippen LogP contribution in [0.1, 0.15) is 18.5 Å². The van der Waals surface area contributed by atoms with Gasteiger partial charge in [0, 0.05) is 17.3 Å². The largest absolute Gasteiger partial charge is 0.258 e. The lowest BCUT2D eigenvalue weighted by molar-refractivity contribution is 0.563. The van der Waals surface area contributed by atoms with Gasteiger partial charge in [-0.15, -0.1) is 0 Å². The van der Waals surface area contributed by atoms with Gasteiger partial charge in [0.25, 0.3) is 10.0 Å². The average molecular weight is 297 g/mol. The minimum atomic E-state index is -3.61. The van der Waals surface area contributed by atoms with E-state index in [0.717, 1.165) is 5.56 Å². The first-order valence-corrected chi connectivity index (χ1v) is 7.54. The van der Waals surface area contributed by atoms with E-state index >= 15 is 0 Å². The Morgan fingerprint density at radius 2 is 1.84 bits per heavy atom. The van der Waals surface area contributed by atoms with E-state index < -0.39 is 10.0 Å². The Labute approximate surface area is 117 Å². The zero-order valence-corrected chi connectivity index (χ0v) is 11.8. The fraction of sp³-hybridized carbons (Fsp3) is 0.154. The van der Waals surface area contributed by atoms with Crippen LogP contribution in [0.4, 0.5) is 0 Å². The van der Waals surface area contributed by atoms with Crippen LogP contribution in [0.5, 0.6) is 0 Å². The van der Waals surface area contributed by atoms with Gasteiger partial charge in [-0.3, -0.25) is 0 Å². The number of hydrogen-bond donors (Lipinski definition) is 1. The lowest BCUT2D eigenvalue weighted by Gasteiger charge is -2.14. The summed E-state index contributed by atoms with van der Waals surface area (Å²) in [6.07, 6.45) is 1.45. The third kappa shape index (κ3) is 3.53. The molecule has 0 spiro atoms. The molecular formula is C13H13ClN2O2S. The maximum absolute atomic E-state index is 12.1. The Balaban J connectivity index is 2.19. The third-order valence-corrected chi connectivity index (χ3v) is 4.32. The van der Waals surface area contributed by atoms with E-state index in [0.29, 0.717) is 5.02 Å². The van der Waals surface area contributed by atoms with Crippen molar-refractivity contribution in [3.8, 4) is 0 Å². The lowest BCUT2D eigenvalue weighted by Crippen LogP contribution is -2.27. The second kappa shape index (κ2) is 5.69. The standard InChI is InChI=1S/C13H13ClN2O2S/c1-10(11-5-7-12(14)8-6-11)16-19(17,18)13-4-2-3-9-15-13/h2-10,16H,1H3/t10-/m0/s1. The molecule has 2 aromatic rings. The van der Waals surface area contributed by atoms with Gasteiger partial charge in [-0.1, -0.05) is 29.8 Å². The van der Waals surface area contributed by atoms with Crippen molar-refractivity contribution >= 4 is 21.6 Å². The van der Waals surface area contributed by atoms with E-state index in [-0.39, 0.29) is 11.1 Å². The first kappa shape index (κ1) is 14.0. The van der Waals surface area contributed by atoms with Gasteiger partial charge in [-0.25, -0.2) is 18.1 Å². The first-order valence-electron chi connectivity index (χ1n) is 5.68. The summed E-state index contributed by atoms with van der Waals surface area (Å²) < 4.78 is 26.7. The molecule has 0 aliphatic carbocycles. The number of benzene rings is 1. The molecule has 0 radical (unpaired) electrons. The molecule has 1 N–H and O–H groups in total. The molecule has 19 heavy (non-hydrogen) atoms. The molecule has 4 nitrogen and oxygen atoms in total. The highest BCUT2D eigenvalue weighted by Crippen LogP contribution is 2.18.